The van der Waals surface area contributed by atoms with E-state index in [4.69, 9.17) is 6.42 Å². The average molecular weight is 199 g/mol. The van der Waals surface area contributed by atoms with Crippen LogP contribution < -0.4 is 5.32 Å². The van der Waals surface area contributed by atoms with E-state index in [9.17, 15) is 0 Å². The number of benzene rings is 1. The molecule has 0 saturated heterocycles. The van der Waals surface area contributed by atoms with E-state index in [0.717, 1.165) is 6.54 Å². The third kappa shape index (κ3) is 1.91. The molecule has 1 aliphatic rings. The van der Waals surface area contributed by atoms with Crippen LogP contribution in [0.1, 0.15) is 30.4 Å². The van der Waals surface area contributed by atoms with Crippen molar-refractivity contribution in [2.75, 3.05) is 6.54 Å². The number of fused-ring (bicyclic) bond motifs is 1. The quantitative estimate of drug-likeness (QED) is 0.737. The fraction of sp³-hybridized carbons (Fsp3) is 0.429. The minimum absolute atomic E-state index is 0.193. The Morgan fingerprint density at radius 3 is 3.07 bits per heavy atom. The summed E-state index contributed by atoms with van der Waals surface area (Å²) in [6, 6.07) is 8.85. The lowest BCUT2D eigenvalue weighted by atomic mass is 9.93. The second-order valence-electron chi connectivity index (χ2n) is 4.05. The van der Waals surface area contributed by atoms with Crippen LogP contribution in [0.25, 0.3) is 0 Å². The third-order valence-corrected chi connectivity index (χ3v) is 3.19. The molecular weight excluding hydrogens is 182 g/mol. The maximum absolute atomic E-state index is 5.58. The molecule has 0 aromatic heterocycles. The Labute approximate surface area is 91.9 Å². The number of likely N-dealkylation sites (N-methyl/N-ethyl adjacent to an activating group) is 1. The van der Waals surface area contributed by atoms with Gasteiger partial charge in [0.25, 0.3) is 0 Å². The first-order valence-corrected chi connectivity index (χ1v) is 5.64. The Kier molecular flexibility index (Phi) is 3.08. The van der Waals surface area contributed by atoms with Crippen LogP contribution in [0.15, 0.2) is 24.3 Å². The fourth-order valence-electron chi connectivity index (χ4n) is 2.47. The van der Waals surface area contributed by atoms with Gasteiger partial charge in [-0.15, -0.1) is 6.42 Å². The molecule has 2 atom stereocenters. The first-order valence-electron chi connectivity index (χ1n) is 5.64. The molecule has 0 saturated carbocycles. The molecule has 0 amide bonds. The summed E-state index contributed by atoms with van der Waals surface area (Å²) in [4.78, 5) is 0. The fourth-order valence-corrected chi connectivity index (χ4v) is 2.47. The summed E-state index contributed by atoms with van der Waals surface area (Å²) < 4.78 is 0. The van der Waals surface area contributed by atoms with Crippen molar-refractivity contribution >= 4 is 0 Å². The summed E-state index contributed by atoms with van der Waals surface area (Å²) in [6.07, 6.45) is 7.94. The zero-order valence-electron chi connectivity index (χ0n) is 9.16. The number of rotatable bonds is 3. The van der Waals surface area contributed by atoms with Gasteiger partial charge >= 0.3 is 0 Å². The van der Waals surface area contributed by atoms with Gasteiger partial charge in [0.05, 0.1) is 6.04 Å². The highest BCUT2D eigenvalue weighted by Gasteiger charge is 2.27. The molecule has 15 heavy (non-hydrogen) atoms. The summed E-state index contributed by atoms with van der Waals surface area (Å²) in [5, 5.41) is 3.38. The second kappa shape index (κ2) is 4.51. The van der Waals surface area contributed by atoms with Crippen LogP contribution >= 0.6 is 0 Å². The molecule has 0 fully saturated rings. The second-order valence-corrected chi connectivity index (χ2v) is 4.05. The summed E-state index contributed by atoms with van der Waals surface area (Å²) in [7, 11) is 0. The van der Waals surface area contributed by atoms with E-state index in [1.807, 2.05) is 0 Å². The van der Waals surface area contributed by atoms with E-state index in [2.05, 4.69) is 42.4 Å². The molecule has 2 rings (SSSR count). The van der Waals surface area contributed by atoms with Gasteiger partial charge in [-0.3, -0.25) is 0 Å². The van der Waals surface area contributed by atoms with Crippen LogP contribution in [-0.4, -0.2) is 12.6 Å². The molecule has 2 unspecified atom stereocenters. The van der Waals surface area contributed by atoms with Crippen LogP contribution in [-0.2, 0) is 6.42 Å². The van der Waals surface area contributed by atoms with Gasteiger partial charge in [0.2, 0.25) is 0 Å². The van der Waals surface area contributed by atoms with E-state index in [1.165, 1.54) is 24.0 Å². The molecule has 0 spiro atoms. The lowest BCUT2D eigenvalue weighted by molar-refractivity contribution is 0.519. The van der Waals surface area contributed by atoms with E-state index >= 15 is 0 Å². The monoisotopic (exact) mass is 199 g/mol. The van der Waals surface area contributed by atoms with Gasteiger partial charge < -0.3 is 5.32 Å². The summed E-state index contributed by atoms with van der Waals surface area (Å²) in [6.45, 7) is 3.04. The predicted octanol–water partition coefficient (Wildman–Crippen LogP) is 2.33. The number of terminal acetylenes is 1. The Morgan fingerprint density at radius 1 is 1.53 bits per heavy atom. The largest absolute Gasteiger partial charge is 0.303 e. The highest BCUT2D eigenvalue weighted by atomic mass is 14.9. The molecule has 1 aromatic rings. The third-order valence-electron chi connectivity index (χ3n) is 3.19. The van der Waals surface area contributed by atoms with Crippen LogP contribution in [0.3, 0.4) is 0 Å². The first-order chi connectivity index (χ1) is 7.36. The molecule has 1 nitrogen and oxygen atoms in total. The van der Waals surface area contributed by atoms with E-state index < -0.39 is 0 Å². The lowest BCUT2D eigenvalue weighted by Crippen LogP contribution is -2.32. The minimum atomic E-state index is 0.193. The molecule has 0 radical (unpaired) electrons. The van der Waals surface area contributed by atoms with Crippen molar-refractivity contribution in [2.45, 2.75) is 31.7 Å². The summed E-state index contributed by atoms with van der Waals surface area (Å²) in [5.74, 6) is 3.38. The zero-order chi connectivity index (χ0) is 10.7. The van der Waals surface area contributed by atoms with Gasteiger partial charge in [-0.25, -0.2) is 0 Å². The number of hydrogen-bond acceptors (Lipinski definition) is 1. The molecule has 1 aliphatic carbocycles. The number of aryl methyl sites for hydroxylation is 1. The molecule has 1 aromatic carbocycles. The van der Waals surface area contributed by atoms with Crippen LogP contribution in [0.2, 0.25) is 0 Å². The van der Waals surface area contributed by atoms with Crippen molar-refractivity contribution < 1.29 is 0 Å². The molecule has 0 bridgehead atoms. The predicted molar refractivity (Wildman–Crippen MR) is 63.8 cm³/mol. The Balaban J connectivity index is 2.23. The van der Waals surface area contributed by atoms with Crippen molar-refractivity contribution in [1.82, 2.24) is 5.32 Å². The molecule has 0 heterocycles. The maximum Gasteiger partial charge on any atom is 0.0756 e. The van der Waals surface area contributed by atoms with Crippen LogP contribution in [0, 0.1) is 12.3 Å². The summed E-state index contributed by atoms with van der Waals surface area (Å²) in [5.41, 5.74) is 2.92. The number of hydrogen-bond donors (Lipinski definition) is 1. The average Bonchev–Trinajstić information content (AvgIpc) is 2.70. The highest BCUT2D eigenvalue weighted by molar-refractivity contribution is 5.37. The standard InChI is InChI=1S/C14H17N/c1-3-14(15-4-2)13-10-9-11-7-5-6-8-12(11)13/h1,5-8,13-15H,4,9-10H2,2H3. The molecular formula is C14H17N. The van der Waals surface area contributed by atoms with Crippen LogP contribution in [0.5, 0.6) is 0 Å². The van der Waals surface area contributed by atoms with Gasteiger partial charge in [0, 0.05) is 5.92 Å². The lowest BCUT2D eigenvalue weighted by Gasteiger charge is -2.20. The van der Waals surface area contributed by atoms with Gasteiger partial charge in [0.1, 0.15) is 0 Å². The van der Waals surface area contributed by atoms with Crippen LogP contribution in [0.4, 0.5) is 0 Å². The van der Waals surface area contributed by atoms with Crippen molar-refractivity contribution in [3.63, 3.8) is 0 Å². The van der Waals surface area contributed by atoms with Gasteiger partial charge in [-0.2, -0.15) is 0 Å². The van der Waals surface area contributed by atoms with E-state index in [-0.39, 0.29) is 6.04 Å². The summed E-state index contributed by atoms with van der Waals surface area (Å²) >= 11 is 0. The van der Waals surface area contributed by atoms with Crippen molar-refractivity contribution in [2.24, 2.45) is 0 Å². The van der Waals surface area contributed by atoms with E-state index in [1.54, 1.807) is 0 Å². The van der Waals surface area contributed by atoms with Crippen molar-refractivity contribution in [1.29, 1.82) is 0 Å². The molecule has 78 valence electrons. The van der Waals surface area contributed by atoms with Gasteiger partial charge in [0.15, 0.2) is 0 Å². The van der Waals surface area contributed by atoms with Crippen molar-refractivity contribution in [3.05, 3.63) is 35.4 Å². The smallest absolute Gasteiger partial charge is 0.0756 e. The Morgan fingerprint density at radius 2 is 2.33 bits per heavy atom. The number of nitrogens with one attached hydrogen (secondary N) is 1. The van der Waals surface area contributed by atoms with Gasteiger partial charge in [-0.1, -0.05) is 37.1 Å². The molecule has 0 aliphatic heterocycles. The Bertz CT molecular complexity index is 375. The zero-order valence-corrected chi connectivity index (χ0v) is 9.16. The highest BCUT2D eigenvalue weighted by Crippen LogP contribution is 2.34. The SMILES string of the molecule is C#CC(NCC)C1CCc2ccccc21. The normalized spacial score (nSPS) is 20.7. The first kappa shape index (κ1) is 10.3. The minimum Gasteiger partial charge on any atom is -0.303 e. The van der Waals surface area contributed by atoms with E-state index in [0.29, 0.717) is 5.92 Å². The topological polar surface area (TPSA) is 12.0 Å². The Hall–Kier alpha value is -1.26. The maximum atomic E-state index is 5.58. The molecule has 1 heteroatoms. The molecule has 1 N–H and O–H groups in total. The van der Waals surface area contributed by atoms with Crippen molar-refractivity contribution in [3.8, 4) is 12.3 Å². The van der Waals surface area contributed by atoms with Gasteiger partial charge in [-0.05, 0) is 30.5 Å².